The first-order chi connectivity index (χ1) is 23.6. The van der Waals surface area contributed by atoms with E-state index in [0.717, 1.165) is 51.4 Å². The van der Waals surface area contributed by atoms with Gasteiger partial charge in [0, 0.05) is 41.7 Å². The molecule has 0 spiro atoms. The van der Waals surface area contributed by atoms with Crippen LogP contribution in [0.25, 0.3) is 0 Å². The molecule has 50 heavy (non-hydrogen) atoms. The zero-order valence-corrected chi connectivity index (χ0v) is 31.1. The van der Waals surface area contributed by atoms with Crippen molar-refractivity contribution in [3.8, 4) is 5.75 Å². The van der Waals surface area contributed by atoms with Gasteiger partial charge in [-0.15, -0.1) is 0 Å². The number of thioether (sulfide) groups is 1. The number of rotatable bonds is 10. The molecular weight excluding hydrogens is 655 g/mol. The third kappa shape index (κ3) is 5.52. The summed E-state index contributed by atoms with van der Waals surface area (Å²) < 4.78 is 0. The van der Waals surface area contributed by atoms with E-state index in [0.29, 0.717) is 23.1 Å². The minimum Gasteiger partial charge on any atom is -0.507 e. The number of carbonyl (C=O) groups is 4. The van der Waals surface area contributed by atoms with Crippen LogP contribution in [0.1, 0.15) is 121 Å². The van der Waals surface area contributed by atoms with Crippen molar-refractivity contribution in [2.45, 2.75) is 128 Å². The zero-order chi connectivity index (χ0) is 36.3. The maximum atomic E-state index is 14.9. The molecule has 9 nitrogen and oxygen atoms in total. The van der Waals surface area contributed by atoms with E-state index in [2.05, 4.69) is 5.32 Å². The summed E-state index contributed by atoms with van der Waals surface area (Å²) in [5.74, 6) is -7.40. The molecule has 5 aliphatic carbocycles. The zero-order valence-electron chi connectivity index (χ0n) is 30.3. The van der Waals surface area contributed by atoms with Gasteiger partial charge in [-0.1, -0.05) is 72.4 Å². The molecule has 0 radical (unpaired) electrons. The van der Waals surface area contributed by atoms with Crippen LogP contribution in [-0.4, -0.2) is 79.0 Å². The normalized spacial score (nSPS) is 38.9. The lowest BCUT2D eigenvalue weighted by atomic mass is 9.33. The number of ketones is 3. The molecule has 1 aromatic rings. The average Bonchev–Trinajstić information content (AvgIpc) is 3.79. The molecule has 0 saturated heterocycles. The van der Waals surface area contributed by atoms with Crippen molar-refractivity contribution in [1.29, 1.82) is 0 Å². The van der Waals surface area contributed by atoms with Crippen LogP contribution >= 0.6 is 11.8 Å². The van der Waals surface area contributed by atoms with Gasteiger partial charge in [-0.3, -0.25) is 19.2 Å². The smallest absolute Gasteiger partial charge is 0.233 e. The molecule has 0 bridgehead atoms. The Kier molecular flexibility index (Phi) is 10.5. The van der Waals surface area contributed by atoms with Crippen molar-refractivity contribution in [2.24, 2.45) is 46.3 Å². The number of fused-ring (bicyclic) bond motifs is 3. The lowest BCUT2D eigenvalue weighted by molar-refractivity contribution is -0.292. The maximum absolute atomic E-state index is 14.9. The number of aliphatic hydroxyl groups excluding tert-OH is 2. The highest BCUT2D eigenvalue weighted by molar-refractivity contribution is 7.99. The van der Waals surface area contributed by atoms with Crippen molar-refractivity contribution in [2.75, 3.05) is 12.3 Å². The van der Waals surface area contributed by atoms with E-state index in [4.69, 9.17) is 0 Å². The first kappa shape index (κ1) is 37.5. The van der Waals surface area contributed by atoms with Crippen molar-refractivity contribution in [3.05, 3.63) is 29.3 Å². The molecule has 0 aromatic heterocycles. The van der Waals surface area contributed by atoms with E-state index >= 15 is 0 Å². The lowest BCUT2D eigenvalue weighted by Gasteiger charge is -2.71. The Morgan fingerprint density at radius 1 is 1.02 bits per heavy atom. The van der Waals surface area contributed by atoms with Gasteiger partial charge in [0.1, 0.15) is 23.6 Å². The van der Waals surface area contributed by atoms with Crippen LogP contribution in [0.5, 0.6) is 5.75 Å². The molecular formula is C40H57NO8S. The van der Waals surface area contributed by atoms with Gasteiger partial charge >= 0.3 is 0 Å². The fourth-order valence-corrected chi connectivity index (χ4v) is 13.3. The van der Waals surface area contributed by atoms with Gasteiger partial charge in [-0.05, 0) is 66.4 Å². The van der Waals surface area contributed by atoms with Gasteiger partial charge in [-0.25, -0.2) is 0 Å². The SMILES string of the molecule is CCC(=O)C[C@@H]1[C@@]2(C)[C@H](CSC3CCCC3)c3cccc(O)c3C(=O)[C@@H]2C(O)[C@@]2(O)C(=O)[C@H](C(=O)NCC3CCCC3)C(O)[C@H](C(C)C)[C@@]12C. The third-order valence-electron chi connectivity index (χ3n) is 14.2. The van der Waals surface area contributed by atoms with Crippen LogP contribution in [0.3, 0.4) is 0 Å². The molecule has 4 fully saturated rings. The number of Topliss-reactive ketones (excluding diaryl/α,β-unsaturated/α-hetero) is 3. The molecule has 5 aliphatic rings. The van der Waals surface area contributed by atoms with Crippen molar-refractivity contribution >= 4 is 35.0 Å². The molecule has 4 saturated carbocycles. The van der Waals surface area contributed by atoms with E-state index in [-0.39, 0.29) is 41.8 Å². The molecule has 0 aliphatic heterocycles. The number of benzene rings is 1. The van der Waals surface area contributed by atoms with Gasteiger partial charge in [0.2, 0.25) is 5.91 Å². The summed E-state index contributed by atoms with van der Waals surface area (Å²) in [4.78, 5) is 57.3. The van der Waals surface area contributed by atoms with Crippen LogP contribution in [-0.2, 0) is 14.4 Å². The number of aromatic hydroxyl groups is 1. The van der Waals surface area contributed by atoms with Crippen LogP contribution in [0.2, 0.25) is 0 Å². The second kappa shape index (κ2) is 13.9. The molecule has 1 amide bonds. The lowest BCUT2D eigenvalue weighted by Crippen LogP contribution is -2.82. The Morgan fingerprint density at radius 3 is 2.28 bits per heavy atom. The Bertz CT molecular complexity index is 1500. The van der Waals surface area contributed by atoms with Crippen LogP contribution in [0.4, 0.5) is 0 Å². The summed E-state index contributed by atoms with van der Waals surface area (Å²) >= 11 is 1.81. The van der Waals surface area contributed by atoms with Gasteiger partial charge in [0.05, 0.1) is 17.6 Å². The number of nitrogens with one attached hydrogen (secondary N) is 1. The van der Waals surface area contributed by atoms with Crippen molar-refractivity contribution < 1.29 is 39.6 Å². The summed E-state index contributed by atoms with van der Waals surface area (Å²) in [6.07, 6.45) is 5.12. The first-order valence-corrected chi connectivity index (χ1v) is 20.1. The van der Waals surface area contributed by atoms with Crippen LogP contribution in [0, 0.1) is 46.3 Å². The van der Waals surface area contributed by atoms with Crippen molar-refractivity contribution in [3.63, 3.8) is 0 Å². The number of phenols is 1. The quantitative estimate of drug-likeness (QED) is 0.205. The van der Waals surface area contributed by atoms with Crippen LogP contribution < -0.4 is 5.32 Å². The largest absolute Gasteiger partial charge is 0.507 e. The molecule has 276 valence electrons. The fourth-order valence-electron chi connectivity index (χ4n) is 11.7. The van der Waals surface area contributed by atoms with Crippen molar-refractivity contribution in [1.82, 2.24) is 5.32 Å². The minimum absolute atomic E-state index is 0.0772. The summed E-state index contributed by atoms with van der Waals surface area (Å²) in [5, 5.41) is 52.5. The fraction of sp³-hybridized carbons (Fsp3) is 0.750. The standard InChI is InChI=1S/C40H57NO8S/c1-6-23(42)18-28-38(4)26(20-50-24-14-9-10-15-24)25-16-11-17-27(43)29(25)33(44)32(38)36(47)40(49)35(46)30(34(45)31(21(2)3)39(28,40)5)37(48)41-19-22-12-7-8-13-22/h11,16-17,21-22,24,26,28,30-32,34,36,43,45,47,49H,6-10,12-15,18-20H2,1-5H3,(H,41,48)/t26-,28-,30-,31+,32-,34?,36?,38-,39-,40+/m1/s1. The molecule has 1 aromatic carbocycles. The topological polar surface area (TPSA) is 161 Å². The van der Waals surface area contributed by atoms with E-state index in [1.807, 2.05) is 38.6 Å². The monoisotopic (exact) mass is 711 g/mol. The Labute approximate surface area is 300 Å². The van der Waals surface area contributed by atoms with E-state index in [9.17, 15) is 39.6 Å². The summed E-state index contributed by atoms with van der Waals surface area (Å²) in [6, 6.07) is 4.99. The van der Waals surface area contributed by atoms with Gasteiger partial charge < -0.3 is 25.7 Å². The number of amides is 1. The molecule has 5 N–H and O–H groups in total. The number of carbonyl (C=O) groups excluding carboxylic acids is 4. The number of phenolic OH excluding ortho intramolecular Hbond substituents is 1. The van der Waals surface area contributed by atoms with Crippen LogP contribution in [0.15, 0.2) is 18.2 Å². The summed E-state index contributed by atoms with van der Waals surface area (Å²) in [6.45, 7) is 9.46. The molecule has 2 unspecified atom stereocenters. The predicted molar refractivity (Wildman–Crippen MR) is 192 cm³/mol. The summed E-state index contributed by atoms with van der Waals surface area (Å²) in [5.41, 5.74) is -4.71. The third-order valence-corrected chi connectivity index (χ3v) is 15.6. The second-order valence-corrected chi connectivity index (χ2v) is 18.2. The predicted octanol–water partition coefficient (Wildman–Crippen LogP) is 5.21. The maximum Gasteiger partial charge on any atom is 0.233 e. The molecule has 0 heterocycles. The second-order valence-electron chi connectivity index (χ2n) is 16.9. The van der Waals surface area contributed by atoms with E-state index in [1.165, 1.54) is 6.07 Å². The van der Waals surface area contributed by atoms with Gasteiger partial charge in [0.15, 0.2) is 17.2 Å². The number of aliphatic hydroxyl groups is 3. The molecule has 10 atom stereocenters. The molecule has 10 heteroatoms. The van der Waals surface area contributed by atoms with Gasteiger partial charge in [0.25, 0.3) is 0 Å². The highest BCUT2D eigenvalue weighted by Crippen LogP contribution is 2.72. The first-order valence-electron chi connectivity index (χ1n) is 19.0. The Balaban J connectivity index is 1.54. The highest BCUT2D eigenvalue weighted by Gasteiger charge is 2.80. The van der Waals surface area contributed by atoms with E-state index in [1.54, 1.807) is 19.9 Å². The Morgan fingerprint density at radius 2 is 1.66 bits per heavy atom. The number of hydrogen-bond donors (Lipinski definition) is 5. The molecule has 6 rings (SSSR count). The highest BCUT2D eigenvalue weighted by atomic mass is 32.2. The summed E-state index contributed by atoms with van der Waals surface area (Å²) in [7, 11) is 0. The number of hydrogen-bond acceptors (Lipinski definition) is 9. The minimum atomic E-state index is -2.65. The van der Waals surface area contributed by atoms with Gasteiger partial charge in [-0.2, -0.15) is 11.8 Å². The Hall–Kier alpha value is -2.27. The average molecular weight is 712 g/mol. The van der Waals surface area contributed by atoms with E-state index < -0.39 is 75.7 Å².